The van der Waals surface area contributed by atoms with E-state index < -0.39 is 0 Å². The first-order chi connectivity index (χ1) is 9.43. The van der Waals surface area contributed by atoms with E-state index in [-0.39, 0.29) is 11.9 Å². The zero-order valence-electron chi connectivity index (χ0n) is 13.3. The average Bonchev–Trinajstić information content (AvgIpc) is 2.36. The lowest BCUT2D eigenvalue weighted by Gasteiger charge is -2.18. The summed E-state index contributed by atoms with van der Waals surface area (Å²) in [6, 6.07) is 5.94. The number of carbonyl (C=O) groups is 1. The summed E-state index contributed by atoms with van der Waals surface area (Å²) in [6.07, 6.45) is 1.09. The largest absolute Gasteiger partial charge is 0.385 e. The SMILES string of the molecule is CCCNc1ccc(C(=O)NC(C)CN(C)C)cc1C. The van der Waals surface area contributed by atoms with Gasteiger partial charge >= 0.3 is 0 Å². The van der Waals surface area contributed by atoms with Crippen molar-refractivity contribution in [1.82, 2.24) is 10.2 Å². The normalized spacial score (nSPS) is 12.3. The Morgan fingerprint density at radius 3 is 2.60 bits per heavy atom. The first-order valence-corrected chi connectivity index (χ1v) is 7.24. The molecule has 0 aliphatic rings. The van der Waals surface area contributed by atoms with Crippen LogP contribution in [0.15, 0.2) is 18.2 Å². The van der Waals surface area contributed by atoms with Crippen molar-refractivity contribution in [2.45, 2.75) is 33.2 Å². The Labute approximate surface area is 122 Å². The predicted octanol–water partition coefficient (Wildman–Crippen LogP) is 2.50. The Kier molecular flexibility index (Phi) is 6.52. The van der Waals surface area contributed by atoms with Gasteiger partial charge in [-0.05, 0) is 58.1 Å². The maximum atomic E-state index is 12.2. The second kappa shape index (κ2) is 7.90. The number of nitrogens with zero attached hydrogens (tertiary/aromatic N) is 1. The fourth-order valence-electron chi connectivity index (χ4n) is 2.16. The number of benzene rings is 1. The van der Waals surface area contributed by atoms with Crippen LogP contribution in [-0.2, 0) is 0 Å². The molecule has 0 heterocycles. The molecule has 2 N–H and O–H groups in total. The van der Waals surface area contributed by atoms with Crippen LogP contribution in [0.2, 0.25) is 0 Å². The van der Waals surface area contributed by atoms with E-state index in [4.69, 9.17) is 0 Å². The summed E-state index contributed by atoms with van der Waals surface area (Å²) in [6.45, 7) is 7.96. The first-order valence-electron chi connectivity index (χ1n) is 7.24. The fourth-order valence-corrected chi connectivity index (χ4v) is 2.16. The molecule has 0 aliphatic carbocycles. The maximum absolute atomic E-state index is 12.2. The molecule has 4 nitrogen and oxygen atoms in total. The molecular formula is C16H27N3O. The number of hydrogen-bond donors (Lipinski definition) is 2. The molecule has 1 rings (SSSR count). The second-order valence-corrected chi connectivity index (χ2v) is 5.59. The van der Waals surface area contributed by atoms with Crippen molar-refractivity contribution >= 4 is 11.6 Å². The zero-order chi connectivity index (χ0) is 15.1. The quantitative estimate of drug-likeness (QED) is 0.805. The molecule has 0 aliphatic heterocycles. The molecule has 1 unspecified atom stereocenters. The van der Waals surface area contributed by atoms with Crippen molar-refractivity contribution in [3.05, 3.63) is 29.3 Å². The van der Waals surface area contributed by atoms with Gasteiger partial charge in [0, 0.05) is 30.4 Å². The minimum absolute atomic E-state index is 0.00973. The molecule has 1 aromatic carbocycles. The number of hydrogen-bond acceptors (Lipinski definition) is 3. The van der Waals surface area contributed by atoms with Crippen LogP contribution in [0.5, 0.6) is 0 Å². The van der Waals surface area contributed by atoms with E-state index in [9.17, 15) is 4.79 Å². The van der Waals surface area contributed by atoms with Gasteiger partial charge in [-0.25, -0.2) is 0 Å². The van der Waals surface area contributed by atoms with Gasteiger partial charge in [0.15, 0.2) is 0 Å². The predicted molar refractivity (Wildman–Crippen MR) is 85.4 cm³/mol. The molecule has 0 radical (unpaired) electrons. The lowest BCUT2D eigenvalue weighted by atomic mass is 10.1. The van der Waals surface area contributed by atoms with Gasteiger partial charge in [0.05, 0.1) is 0 Å². The van der Waals surface area contributed by atoms with Crippen molar-refractivity contribution in [2.24, 2.45) is 0 Å². The lowest BCUT2D eigenvalue weighted by Crippen LogP contribution is -2.39. The molecule has 0 saturated heterocycles. The van der Waals surface area contributed by atoms with Crippen LogP contribution in [0.25, 0.3) is 0 Å². The number of nitrogens with one attached hydrogen (secondary N) is 2. The Hall–Kier alpha value is -1.55. The summed E-state index contributed by atoms with van der Waals surface area (Å²) in [7, 11) is 4.00. The van der Waals surface area contributed by atoms with Gasteiger partial charge in [0.1, 0.15) is 0 Å². The monoisotopic (exact) mass is 277 g/mol. The van der Waals surface area contributed by atoms with Gasteiger partial charge in [0.25, 0.3) is 5.91 Å². The van der Waals surface area contributed by atoms with Crippen LogP contribution in [0.3, 0.4) is 0 Å². The first kappa shape index (κ1) is 16.5. The smallest absolute Gasteiger partial charge is 0.251 e. The second-order valence-electron chi connectivity index (χ2n) is 5.59. The van der Waals surface area contributed by atoms with E-state index in [1.54, 1.807) is 0 Å². The van der Waals surface area contributed by atoms with E-state index in [1.165, 1.54) is 0 Å². The van der Waals surface area contributed by atoms with E-state index >= 15 is 0 Å². The van der Waals surface area contributed by atoms with Crippen molar-refractivity contribution in [3.8, 4) is 0 Å². The van der Waals surface area contributed by atoms with E-state index in [1.807, 2.05) is 46.1 Å². The zero-order valence-corrected chi connectivity index (χ0v) is 13.3. The third-order valence-corrected chi connectivity index (χ3v) is 3.07. The molecule has 0 spiro atoms. The molecule has 0 fully saturated rings. The molecule has 4 heteroatoms. The van der Waals surface area contributed by atoms with Gasteiger partial charge in [-0.1, -0.05) is 6.92 Å². The van der Waals surface area contributed by atoms with Crippen molar-refractivity contribution < 1.29 is 4.79 Å². The molecule has 0 saturated carbocycles. The van der Waals surface area contributed by atoms with Crippen molar-refractivity contribution in [1.29, 1.82) is 0 Å². The molecule has 1 atom stereocenters. The highest BCUT2D eigenvalue weighted by molar-refractivity contribution is 5.95. The van der Waals surface area contributed by atoms with Crippen molar-refractivity contribution in [3.63, 3.8) is 0 Å². The van der Waals surface area contributed by atoms with Crippen LogP contribution in [0.4, 0.5) is 5.69 Å². The van der Waals surface area contributed by atoms with E-state index in [2.05, 4.69) is 22.5 Å². The molecule has 112 valence electrons. The van der Waals surface area contributed by atoms with E-state index in [0.29, 0.717) is 0 Å². The Balaban J connectivity index is 2.67. The summed E-state index contributed by atoms with van der Waals surface area (Å²) in [5.41, 5.74) is 2.92. The number of rotatable bonds is 7. The topological polar surface area (TPSA) is 44.4 Å². The summed E-state index contributed by atoms with van der Waals surface area (Å²) < 4.78 is 0. The Morgan fingerprint density at radius 2 is 2.05 bits per heavy atom. The minimum atomic E-state index is -0.00973. The third kappa shape index (κ3) is 5.21. The molecular weight excluding hydrogens is 250 g/mol. The Morgan fingerprint density at radius 1 is 1.35 bits per heavy atom. The third-order valence-electron chi connectivity index (χ3n) is 3.07. The molecule has 1 amide bonds. The van der Waals surface area contributed by atoms with Crippen LogP contribution in [-0.4, -0.2) is 44.0 Å². The highest BCUT2D eigenvalue weighted by Crippen LogP contribution is 2.16. The van der Waals surface area contributed by atoms with Gasteiger partial charge in [-0.3, -0.25) is 4.79 Å². The van der Waals surface area contributed by atoms with Crippen LogP contribution < -0.4 is 10.6 Å². The molecule has 1 aromatic rings. The fraction of sp³-hybridized carbons (Fsp3) is 0.562. The standard InChI is InChI=1S/C16H27N3O/c1-6-9-17-15-8-7-14(10-12(15)2)16(20)18-13(3)11-19(4)5/h7-8,10,13,17H,6,9,11H2,1-5H3,(H,18,20). The number of carbonyl (C=O) groups excluding carboxylic acids is 1. The summed E-state index contributed by atoms with van der Waals surface area (Å²) in [4.78, 5) is 14.2. The summed E-state index contributed by atoms with van der Waals surface area (Å²) in [5.74, 6) is -0.00973. The van der Waals surface area contributed by atoms with Crippen molar-refractivity contribution in [2.75, 3.05) is 32.5 Å². The average molecular weight is 277 g/mol. The van der Waals surface area contributed by atoms with Crippen LogP contribution in [0.1, 0.15) is 36.2 Å². The summed E-state index contributed by atoms with van der Waals surface area (Å²) in [5, 5.41) is 6.37. The highest BCUT2D eigenvalue weighted by atomic mass is 16.1. The highest BCUT2D eigenvalue weighted by Gasteiger charge is 2.11. The van der Waals surface area contributed by atoms with Gasteiger partial charge in [0.2, 0.25) is 0 Å². The number of likely N-dealkylation sites (N-methyl/N-ethyl adjacent to an activating group) is 1. The number of anilines is 1. The van der Waals surface area contributed by atoms with Gasteiger partial charge in [-0.15, -0.1) is 0 Å². The lowest BCUT2D eigenvalue weighted by molar-refractivity contribution is 0.0934. The molecule has 0 aromatic heterocycles. The maximum Gasteiger partial charge on any atom is 0.251 e. The molecule has 20 heavy (non-hydrogen) atoms. The Bertz CT molecular complexity index is 443. The van der Waals surface area contributed by atoms with Crippen LogP contribution >= 0.6 is 0 Å². The number of aryl methyl sites for hydroxylation is 1. The molecule has 0 bridgehead atoms. The van der Waals surface area contributed by atoms with Gasteiger partial charge in [-0.2, -0.15) is 0 Å². The number of amides is 1. The summed E-state index contributed by atoms with van der Waals surface area (Å²) >= 11 is 0. The van der Waals surface area contributed by atoms with Crippen LogP contribution in [0, 0.1) is 6.92 Å². The van der Waals surface area contributed by atoms with E-state index in [0.717, 1.165) is 36.3 Å². The van der Waals surface area contributed by atoms with Gasteiger partial charge < -0.3 is 15.5 Å². The minimum Gasteiger partial charge on any atom is -0.385 e.